The maximum atomic E-state index is 13.1. The van der Waals surface area contributed by atoms with E-state index in [-0.39, 0.29) is 18.0 Å². The Morgan fingerprint density at radius 1 is 0.828 bits per heavy atom. The van der Waals surface area contributed by atoms with Crippen LogP contribution in [-0.2, 0) is 26.0 Å². The first-order chi connectivity index (χ1) is 14.0. The molecule has 0 aliphatic carbocycles. The van der Waals surface area contributed by atoms with Crippen LogP contribution in [0.15, 0.2) is 83.1 Å². The zero-order valence-corrected chi connectivity index (χ0v) is 17.1. The normalized spacial score (nSPS) is 12.1. The number of hydrogen-bond donors (Lipinski definition) is 2. The zero-order chi connectivity index (χ0) is 20.7. The minimum atomic E-state index is -3.74. The van der Waals surface area contributed by atoms with Crippen molar-refractivity contribution in [2.75, 3.05) is 6.54 Å². The highest BCUT2D eigenvalue weighted by molar-refractivity contribution is 7.91. The summed E-state index contributed by atoms with van der Waals surface area (Å²) in [5.41, 5.74) is 0.858. The fourth-order valence-electron chi connectivity index (χ4n) is 2.74. The molecule has 1 atom stereocenters. The van der Waals surface area contributed by atoms with Crippen molar-refractivity contribution in [3.63, 3.8) is 0 Å². The number of hydrogen-bond acceptors (Lipinski definition) is 5. The van der Waals surface area contributed by atoms with Gasteiger partial charge >= 0.3 is 11.8 Å². The van der Waals surface area contributed by atoms with Crippen LogP contribution in [0.25, 0.3) is 0 Å². The zero-order valence-electron chi connectivity index (χ0n) is 15.4. The van der Waals surface area contributed by atoms with Crippen LogP contribution in [0.3, 0.4) is 0 Å². The average molecular weight is 429 g/mol. The molecule has 150 valence electrons. The fourth-order valence-corrected chi connectivity index (χ4v) is 5.54. The summed E-state index contributed by atoms with van der Waals surface area (Å²) >= 11 is 1.29. The summed E-state index contributed by atoms with van der Waals surface area (Å²) < 4.78 is 26.2. The number of sulfone groups is 1. The Bertz CT molecular complexity index is 1050. The molecule has 0 bridgehead atoms. The highest BCUT2D eigenvalue weighted by Gasteiger charge is 2.31. The van der Waals surface area contributed by atoms with Gasteiger partial charge in [0.2, 0.25) is 0 Å². The second-order valence-electron chi connectivity index (χ2n) is 6.24. The van der Waals surface area contributed by atoms with Crippen LogP contribution in [0, 0.1) is 0 Å². The molecule has 0 spiro atoms. The van der Waals surface area contributed by atoms with Gasteiger partial charge in [-0.05, 0) is 29.1 Å². The van der Waals surface area contributed by atoms with Gasteiger partial charge in [0.1, 0.15) is 5.25 Å². The first kappa shape index (κ1) is 20.8. The third kappa shape index (κ3) is 5.30. The molecule has 29 heavy (non-hydrogen) atoms. The molecule has 0 saturated carbocycles. The summed E-state index contributed by atoms with van der Waals surface area (Å²) in [6, 6.07) is 20.7. The number of carbonyl (C=O) groups excluding carboxylic acids is 2. The molecule has 8 heteroatoms. The Morgan fingerprint density at radius 2 is 1.45 bits per heavy atom. The molecule has 0 radical (unpaired) electrons. The Balaban J connectivity index is 1.67. The standard InChI is InChI=1S/C21H20N2O4S2/c24-20(22-14-16-8-3-1-4-9-16)21(25)23-15-19(18-12-7-13-28-18)29(26,27)17-10-5-2-6-11-17/h1-13,19H,14-15H2,(H,22,24)(H,23,25). The molecule has 3 rings (SSSR count). The van der Waals surface area contributed by atoms with Gasteiger partial charge in [-0.25, -0.2) is 8.42 Å². The quantitative estimate of drug-likeness (QED) is 0.566. The second-order valence-corrected chi connectivity index (χ2v) is 9.35. The van der Waals surface area contributed by atoms with Gasteiger partial charge in [-0.15, -0.1) is 11.3 Å². The van der Waals surface area contributed by atoms with Crippen LogP contribution in [-0.4, -0.2) is 26.8 Å². The third-order valence-corrected chi connectivity index (χ3v) is 7.49. The predicted octanol–water partition coefficient (Wildman–Crippen LogP) is 2.70. The average Bonchev–Trinajstić information content (AvgIpc) is 3.27. The van der Waals surface area contributed by atoms with Gasteiger partial charge in [-0.2, -0.15) is 0 Å². The van der Waals surface area contributed by atoms with E-state index in [9.17, 15) is 18.0 Å². The third-order valence-electron chi connectivity index (χ3n) is 4.26. The number of thiophene rings is 1. The molecule has 6 nitrogen and oxygen atoms in total. The second kappa shape index (κ2) is 9.49. The van der Waals surface area contributed by atoms with E-state index in [1.54, 1.807) is 35.7 Å². The van der Waals surface area contributed by atoms with Gasteiger partial charge in [0.25, 0.3) is 0 Å². The van der Waals surface area contributed by atoms with Crippen LogP contribution in [0.4, 0.5) is 0 Å². The molecular formula is C21H20N2O4S2. The lowest BCUT2D eigenvalue weighted by molar-refractivity contribution is -0.139. The Kier molecular flexibility index (Phi) is 6.79. The maximum Gasteiger partial charge on any atom is 0.309 e. The van der Waals surface area contributed by atoms with Crippen molar-refractivity contribution in [2.45, 2.75) is 16.7 Å². The van der Waals surface area contributed by atoms with E-state index in [1.165, 1.54) is 23.5 Å². The molecule has 2 N–H and O–H groups in total. The number of nitrogens with one attached hydrogen (secondary N) is 2. The molecule has 0 saturated heterocycles. The summed E-state index contributed by atoms with van der Waals surface area (Å²) in [7, 11) is -3.74. The first-order valence-electron chi connectivity index (χ1n) is 8.91. The van der Waals surface area contributed by atoms with E-state index in [0.717, 1.165) is 5.56 Å². The fraction of sp³-hybridized carbons (Fsp3) is 0.143. The Hall–Kier alpha value is -2.97. The van der Waals surface area contributed by atoms with Crippen molar-refractivity contribution in [1.29, 1.82) is 0 Å². The molecular weight excluding hydrogens is 408 g/mol. The van der Waals surface area contributed by atoms with Crippen molar-refractivity contribution in [1.82, 2.24) is 10.6 Å². The van der Waals surface area contributed by atoms with E-state index in [0.29, 0.717) is 4.88 Å². The van der Waals surface area contributed by atoms with E-state index in [2.05, 4.69) is 10.6 Å². The van der Waals surface area contributed by atoms with Crippen molar-refractivity contribution in [3.05, 3.63) is 88.6 Å². The predicted molar refractivity (Wildman–Crippen MR) is 112 cm³/mol. The monoisotopic (exact) mass is 428 g/mol. The highest BCUT2D eigenvalue weighted by atomic mass is 32.2. The first-order valence-corrected chi connectivity index (χ1v) is 11.3. The minimum absolute atomic E-state index is 0.168. The molecule has 3 aromatic rings. The number of amides is 2. The van der Waals surface area contributed by atoms with Crippen LogP contribution in [0.2, 0.25) is 0 Å². The van der Waals surface area contributed by atoms with Gasteiger partial charge in [0.05, 0.1) is 4.90 Å². The summed E-state index contributed by atoms with van der Waals surface area (Å²) in [5.74, 6) is -1.68. The Labute approximate surface area is 173 Å². The van der Waals surface area contributed by atoms with Gasteiger partial charge in [0, 0.05) is 18.0 Å². The lowest BCUT2D eigenvalue weighted by Gasteiger charge is -2.17. The van der Waals surface area contributed by atoms with Gasteiger partial charge in [-0.1, -0.05) is 54.6 Å². The molecule has 1 unspecified atom stereocenters. The summed E-state index contributed by atoms with van der Waals surface area (Å²) in [4.78, 5) is 25.0. The maximum absolute atomic E-state index is 13.1. The van der Waals surface area contributed by atoms with Crippen molar-refractivity contribution in [3.8, 4) is 0 Å². The number of carbonyl (C=O) groups is 2. The lowest BCUT2D eigenvalue weighted by Crippen LogP contribution is -2.42. The van der Waals surface area contributed by atoms with Gasteiger partial charge in [0.15, 0.2) is 9.84 Å². The summed E-state index contributed by atoms with van der Waals surface area (Å²) in [5, 5.41) is 5.79. The minimum Gasteiger partial charge on any atom is -0.346 e. The summed E-state index contributed by atoms with van der Waals surface area (Å²) in [6.07, 6.45) is 0. The smallest absolute Gasteiger partial charge is 0.309 e. The lowest BCUT2D eigenvalue weighted by atomic mass is 10.2. The topological polar surface area (TPSA) is 92.3 Å². The van der Waals surface area contributed by atoms with Gasteiger partial charge < -0.3 is 10.6 Å². The van der Waals surface area contributed by atoms with E-state index < -0.39 is 26.9 Å². The van der Waals surface area contributed by atoms with Crippen molar-refractivity contribution >= 4 is 33.0 Å². The molecule has 0 aliphatic heterocycles. The van der Waals surface area contributed by atoms with Crippen LogP contribution in [0.1, 0.15) is 15.7 Å². The molecule has 2 amide bonds. The van der Waals surface area contributed by atoms with Crippen molar-refractivity contribution < 1.29 is 18.0 Å². The SMILES string of the molecule is O=C(NCc1ccccc1)C(=O)NCC(c1cccs1)S(=O)(=O)c1ccccc1. The van der Waals surface area contributed by atoms with Crippen LogP contribution in [0.5, 0.6) is 0 Å². The van der Waals surface area contributed by atoms with Crippen molar-refractivity contribution in [2.24, 2.45) is 0 Å². The molecule has 0 aliphatic rings. The highest BCUT2D eigenvalue weighted by Crippen LogP contribution is 2.31. The van der Waals surface area contributed by atoms with Crippen LogP contribution < -0.4 is 10.6 Å². The van der Waals surface area contributed by atoms with Crippen LogP contribution >= 0.6 is 11.3 Å². The Morgan fingerprint density at radius 3 is 2.07 bits per heavy atom. The number of benzene rings is 2. The molecule has 2 aromatic carbocycles. The number of rotatable bonds is 7. The molecule has 1 aromatic heterocycles. The van der Waals surface area contributed by atoms with E-state index >= 15 is 0 Å². The van der Waals surface area contributed by atoms with E-state index in [1.807, 2.05) is 30.3 Å². The molecule has 0 fully saturated rings. The summed E-state index contributed by atoms with van der Waals surface area (Å²) in [6.45, 7) is 0.0130. The largest absolute Gasteiger partial charge is 0.346 e. The molecule has 1 heterocycles. The van der Waals surface area contributed by atoms with E-state index in [4.69, 9.17) is 0 Å². The van der Waals surface area contributed by atoms with Gasteiger partial charge in [-0.3, -0.25) is 9.59 Å².